The van der Waals surface area contributed by atoms with Gasteiger partial charge in [-0.2, -0.15) is 0 Å². The number of nitrogens with zero attached hydrogens (tertiary/aromatic N) is 2. The van der Waals surface area contributed by atoms with Gasteiger partial charge in [0.05, 0.1) is 5.75 Å². The van der Waals surface area contributed by atoms with Gasteiger partial charge < -0.3 is 10.6 Å². The fourth-order valence-electron chi connectivity index (χ4n) is 1.85. The van der Waals surface area contributed by atoms with Gasteiger partial charge in [-0.3, -0.25) is 0 Å². The summed E-state index contributed by atoms with van der Waals surface area (Å²) in [5.41, 5.74) is 1.03. The second-order valence-corrected chi connectivity index (χ2v) is 6.21. The zero-order valence-electron chi connectivity index (χ0n) is 12.0. The fraction of sp³-hybridized carbons (Fsp3) is 0.667. The Bertz CT molecular complexity index is 519. The largest absolute Gasteiger partial charge is 0.370 e. The Balaban J connectivity index is 2.70. The topological polar surface area (TPSA) is 110 Å². The molecule has 20 heavy (non-hydrogen) atoms. The molecule has 1 aromatic rings. The van der Waals surface area contributed by atoms with E-state index in [1.807, 2.05) is 6.92 Å². The second-order valence-electron chi connectivity index (χ2n) is 4.48. The Kier molecular flexibility index (Phi) is 6.66. The van der Waals surface area contributed by atoms with Crippen molar-refractivity contribution in [1.29, 1.82) is 0 Å². The molecule has 0 spiro atoms. The van der Waals surface area contributed by atoms with Crippen molar-refractivity contribution in [3.05, 3.63) is 11.9 Å². The van der Waals surface area contributed by atoms with Crippen LogP contribution in [0.1, 0.15) is 32.3 Å². The van der Waals surface area contributed by atoms with E-state index in [9.17, 15) is 8.42 Å². The van der Waals surface area contributed by atoms with Crippen LogP contribution < -0.4 is 15.8 Å². The lowest BCUT2D eigenvalue weighted by Crippen LogP contribution is -2.19. The maximum absolute atomic E-state index is 10.9. The van der Waals surface area contributed by atoms with E-state index >= 15 is 0 Å². The van der Waals surface area contributed by atoms with Crippen LogP contribution in [0.5, 0.6) is 0 Å². The standard InChI is InChI=1S/C12H23N5O2S/c1-3-6-10-11(14-4-2)16-9-17-12(10)15-7-5-8-20(13,18)19/h9H,3-8H2,1-2H3,(H2,13,18,19)(H2,14,15,16,17). The minimum Gasteiger partial charge on any atom is -0.370 e. The molecule has 0 amide bonds. The fourth-order valence-corrected chi connectivity index (χ4v) is 2.40. The van der Waals surface area contributed by atoms with Gasteiger partial charge in [-0.1, -0.05) is 13.3 Å². The lowest BCUT2D eigenvalue weighted by molar-refractivity contribution is 0.595. The lowest BCUT2D eigenvalue weighted by Gasteiger charge is -2.14. The summed E-state index contributed by atoms with van der Waals surface area (Å²) in [6.45, 7) is 5.40. The second kappa shape index (κ2) is 8.01. The zero-order chi connectivity index (χ0) is 15.0. The summed E-state index contributed by atoms with van der Waals surface area (Å²) in [5, 5.41) is 11.3. The van der Waals surface area contributed by atoms with Crippen LogP contribution in [-0.4, -0.2) is 37.2 Å². The van der Waals surface area contributed by atoms with Crippen LogP contribution in [0.2, 0.25) is 0 Å². The Morgan fingerprint density at radius 2 is 1.85 bits per heavy atom. The van der Waals surface area contributed by atoms with Gasteiger partial charge in [0.15, 0.2) is 0 Å². The molecule has 8 heteroatoms. The number of sulfonamides is 1. The number of hydrogen-bond acceptors (Lipinski definition) is 6. The number of nitrogens with two attached hydrogens (primary N) is 1. The molecular weight excluding hydrogens is 278 g/mol. The summed E-state index contributed by atoms with van der Waals surface area (Å²) in [4.78, 5) is 8.47. The molecule has 0 aromatic carbocycles. The van der Waals surface area contributed by atoms with Gasteiger partial charge in [-0.15, -0.1) is 0 Å². The number of aromatic nitrogens is 2. The van der Waals surface area contributed by atoms with E-state index in [4.69, 9.17) is 5.14 Å². The summed E-state index contributed by atoms with van der Waals surface area (Å²) in [5.74, 6) is 1.55. The maximum atomic E-state index is 10.9. The average molecular weight is 301 g/mol. The van der Waals surface area contributed by atoms with Crippen LogP contribution in [0, 0.1) is 0 Å². The van der Waals surface area contributed by atoms with Crippen molar-refractivity contribution < 1.29 is 8.42 Å². The molecule has 0 aliphatic rings. The Labute approximate surface area is 120 Å². The van der Waals surface area contributed by atoms with Crippen molar-refractivity contribution in [2.24, 2.45) is 5.14 Å². The number of primary sulfonamides is 1. The van der Waals surface area contributed by atoms with E-state index in [0.717, 1.165) is 36.6 Å². The van der Waals surface area contributed by atoms with Gasteiger partial charge in [0, 0.05) is 18.7 Å². The molecule has 0 saturated carbocycles. The summed E-state index contributed by atoms with van der Waals surface area (Å²) in [6, 6.07) is 0. The van der Waals surface area contributed by atoms with Crippen molar-refractivity contribution in [2.45, 2.75) is 33.1 Å². The first-order valence-electron chi connectivity index (χ1n) is 6.80. The van der Waals surface area contributed by atoms with Gasteiger partial charge in [0.2, 0.25) is 10.0 Å². The van der Waals surface area contributed by atoms with Crippen LogP contribution in [0.25, 0.3) is 0 Å². The Morgan fingerprint density at radius 1 is 1.20 bits per heavy atom. The predicted octanol–water partition coefficient (Wildman–Crippen LogP) is 0.951. The van der Waals surface area contributed by atoms with E-state index in [-0.39, 0.29) is 5.75 Å². The first-order valence-corrected chi connectivity index (χ1v) is 8.51. The molecule has 1 heterocycles. The van der Waals surface area contributed by atoms with Crippen molar-refractivity contribution in [2.75, 3.05) is 29.5 Å². The molecule has 0 saturated heterocycles. The third kappa shape index (κ3) is 5.70. The molecular formula is C12H23N5O2S. The molecule has 0 radical (unpaired) electrons. The molecule has 0 aliphatic carbocycles. The quantitative estimate of drug-likeness (QED) is 0.586. The van der Waals surface area contributed by atoms with Gasteiger partial charge in [0.25, 0.3) is 0 Å². The molecule has 0 aliphatic heterocycles. The SMILES string of the molecule is CCCc1c(NCC)ncnc1NCCCS(N)(=O)=O. The number of nitrogens with one attached hydrogen (secondary N) is 2. The van der Waals surface area contributed by atoms with Crippen molar-refractivity contribution in [3.8, 4) is 0 Å². The number of rotatable bonds is 9. The molecule has 0 unspecified atom stereocenters. The summed E-state index contributed by atoms with van der Waals surface area (Å²) >= 11 is 0. The van der Waals surface area contributed by atoms with Gasteiger partial charge in [-0.25, -0.2) is 23.5 Å². The molecule has 7 nitrogen and oxygen atoms in total. The Hall–Kier alpha value is -1.41. The van der Waals surface area contributed by atoms with E-state index < -0.39 is 10.0 Å². The lowest BCUT2D eigenvalue weighted by atomic mass is 10.1. The van der Waals surface area contributed by atoms with Crippen LogP contribution >= 0.6 is 0 Å². The summed E-state index contributed by atoms with van der Waals surface area (Å²) in [6.07, 6.45) is 3.79. The molecule has 4 N–H and O–H groups in total. The van der Waals surface area contributed by atoms with E-state index in [0.29, 0.717) is 13.0 Å². The predicted molar refractivity (Wildman–Crippen MR) is 81.3 cm³/mol. The van der Waals surface area contributed by atoms with E-state index in [1.54, 1.807) is 0 Å². The molecule has 1 aromatic heterocycles. The highest BCUT2D eigenvalue weighted by atomic mass is 32.2. The zero-order valence-corrected chi connectivity index (χ0v) is 12.8. The van der Waals surface area contributed by atoms with Crippen LogP contribution in [0.4, 0.5) is 11.6 Å². The average Bonchev–Trinajstić information content (AvgIpc) is 2.37. The summed E-state index contributed by atoms with van der Waals surface area (Å²) in [7, 11) is -3.40. The first kappa shape index (κ1) is 16.6. The van der Waals surface area contributed by atoms with Crippen LogP contribution in [0.15, 0.2) is 6.33 Å². The van der Waals surface area contributed by atoms with Crippen LogP contribution in [-0.2, 0) is 16.4 Å². The van der Waals surface area contributed by atoms with Crippen molar-refractivity contribution in [3.63, 3.8) is 0 Å². The van der Waals surface area contributed by atoms with Crippen molar-refractivity contribution in [1.82, 2.24) is 9.97 Å². The summed E-state index contributed by atoms with van der Waals surface area (Å²) < 4.78 is 21.7. The van der Waals surface area contributed by atoms with Crippen LogP contribution in [0.3, 0.4) is 0 Å². The van der Waals surface area contributed by atoms with E-state index in [2.05, 4.69) is 27.5 Å². The number of hydrogen-bond donors (Lipinski definition) is 3. The molecule has 1 rings (SSSR count). The molecule has 0 fully saturated rings. The highest BCUT2D eigenvalue weighted by Gasteiger charge is 2.10. The minimum atomic E-state index is -3.40. The van der Waals surface area contributed by atoms with Crippen molar-refractivity contribution >= 4 is 21.7 Å². The number of anilines is 2. The highest BCUT2D eigenvalue weighted by molar-refractivity contribution is 7.89. The maximum Gasteiger partial charge on any atom is 0.209 e. The minimum absolute atomic E-state index is 0.0335. The van der Waals surface area contributed by atoms with Gasteiger partial charge in [-0.05, 0) is 19.8 Å². The van der Waals surface area contributed by atoms with Gasteiger partial charge in [0.1, 0.15) is 18.0 Å². The molecule has 114 valence electrons. The van der Waals surface area contributed by atoms with Gasteiger partial charge >= 0.3 is 0 Å². The third-order valence-corrected chi connectivity index (χ3v) is 3.55. The normalized spacial score (nSPS) is 11.3. The monoisotopic (exact) mass is 301 g/mol. The first-order chi connectivity index (χ1) is 9.48. The smallest absolute Gasteiger partial charge is 0.209 e. The highest BCUT2D eigenvalue weighted by Crippen LogP contribution is 2.21. The molecule has 0 atom stereocenters. The van der Waals surface area contributed by atoms with E-state index in [1.165, 1.54) is 6.33 Å². The molecule has 0 bridgehead atoms. The Morgan fingerprint density at radius 3 is 2.40 bits per heavy atom. The third-order valence-electron chi connectivity index (χ3n) is 2.69.